The predicted octanol–water partition coefficient (Wildman–Crippen LogP) is 3.76. The van der Waals surface area contributed by atoms with Crippen molar-refractivity contribution in [3.63, 3.8) is 0 Å². The quantitative estimate of drug-likeness (QED) is 0.555. The Morgan fingerprint density at radius 2 is 2.07 bits per heavy atom. The highest BCUT2D eigenvalue weighted by Crippen LogP contribution is 2.38. The standard InChI is InChI=1S/C13H19NSi/c1-3-13(12-8-4-5-9-14-12)15(2)10-6-7-11-15/h4-9,13H,3,10-11H2,1-2H3. The highest BCUT2D eigenvalue weighted by atomic mass is 28.3. The van der Waals surface area contributed by atoms with Crippen molar-refractivity contribution in [1.82, 2.24) is 4.98 Å². The molecule has 0 amide bonds. The van der Waals surface area contributed by atoms with Crippen LogP contribution in [0.15, 0.2) is 36.5 Å². The molecule has 0 saturated heterocycles. The Hall–Kier alpha value is -0.893. The number of nitrogens with zero attached hydrogens (tertiary/aromatic N) is 1. The number of rotatable bonds is 3. The molecule has 1 aliphatic heterocycles. The Bertz CT molecular complexity index is 337. The average Bonchev–Trinajstić information content (AvgIpc) is 2.68. The molecule has 0 N–H and O–H groups in total. The van der Waals surface area contributed by atoms with E-state index in [-0.39, 0.29) is 0 Å². The number of hydrogen-bond donors (Lipinski definition) is 0. The first-order valence-electron chi connectivity index (χ1n) is 5.82. The Morgan fingerprint density at radius 3 is 2.60 bits per heavy atom. The van der Waals surface area contributed by atoms with Gasteiger partial charge in [-0.1, -0.05) is 38.1 Å². The van der Waals surface area contributed by atoms with Crippen LogP contribution in [-0.4, -0.2) is 13.1 Å². The van der Waals surface area contributed by atoms with Gasteiger partial charge in [0.1, 0.15) is 0 Å². The van der Waals surface area contributed by atoms with Gasteiger partial charge >= 0.3 is 0 Å². The van der Waals surface area contributed by atoms with Gasteiger partial charge in [-0.05, 0) is 29.8 Å². The highest BCUT2D eigenvalue weighted by molar-refractivity contribution is 6.81. The summed E-state index contributed by atoms with van der Waals surface area (Å²) in [5, 5.41) is 0. The summed E-state index contributed by atoms with van der Waals surface area (Å²) < 4.78 is 0. The van der Waals surface area contributed by atoms with Crippen LogP contribution in [-0.2, 0) is 0 Å². The summed E-state index contributed by atoms with van der Waals surface area (Å²) >= 11 is 0. The largest absolute Gasteiger partial charge is 0.261 e. The summed E-state index contributed by atoms with van der Waals surface area (Å²) in [7, 11) is -1.13. The zero-order valence-electron chi connectivity index (χ0n) is 9.61. The van der Waals surface area contributed by atoms with E-state index >= 15 is 0 Å². The maximum atomic E-state index is 4.55. The van der Waals surface area contributed by atoms with Crippen molar-refractivity contribution in [3.05, 3.63) is 42.2 Å². The van der Waals surface area contributed by atoms with Crippen LogP contribution < -0.4 is 0 Å². The van der Waals surface area contributed by atoms with Crippen LogP contribution in [0.25, 0.3) is 0 Å². The van der Waals surface area contributed by atoms with Crippen LogP contribution in [0.1, 0.15) is 24.6 Å². The molecular weight excluding hydrogens is 198 g/mol. The topological polar surface area (TPSA) is 12.9 Å². The Kier molecular flexibility index (Phi) is 3.05. The summed E-state index contributed by atoms with van der Waals surface area (Å²) in [6.45, 7) is 4.83. The normalized spacial score (nSPS) is 20.4. The Labute approximate surface area is 93.3 Å². The molecule has 0 saturated carbocycles. The molecule has 0 aliphatic carbocycles. The molecule has 1 aromatic rings. The Morgan fingerprint density at radius 1 is 1.33 bits per heavy atom. The van der Waals surface area contributed by atoms with Gasteiger partial charge in [-0.2, -0.15) is 0 Å². The molecule has 1 atom stereocenters. The zero-order valence-corrected chi connectivity index (χ0v) is 10.6. The lowest BCUT2D eigenvalue weighted by molar-refractivity contribution is 0.806. The van der Waals surface area contributed by atoms with Crippen LogP contribution in [0, 0.1) is 0 Å². The third-order valence-corrected chi connectivity index (χ3v) is 8.35. The molecule has 15 heavy (non-hydrogen) atoms. The Balaban J connectivity index is 2.25. The minimum Gasteiger partial charge on any atom is -0.261 e. The zero-order chi connectivity index (χ0) is 10.7. The fourth-order valence-electron chi connectivity index (χ4n) is 2.71. The lowest BCUT2D eigenvalue weighted by Crippen LogP contribution is -2.35. The van der Waals surface area contributed by atoms with E-state index in [9.17, 15) is 0 Å². The minimum atomic E-state index is -1.13. The fourth-order valence-corrected chi connectivity index (χ4v) is 6.73. The third kappa shape index (κ3) is 2.05. The summed E-state index contributed by atoms with van der Waals surface area (Å²) in [5.41, 5.74) is 2.05. The third-order valence-electron chi connectivity index (χ3n) is 3.63. The van der Waals surface area contributed by atoms with Crippen LogP contribution in [0.3, 0.4) is 0 Å². The SMILES string of the molecule is CCC(c1ccccn1)[Si]1(C)CC=CC1. The monoisotopic (exact) mass is 217 g/mol. The van der Waals surface area contributed by atoms with Crippen molar-refractivity contribution >= 4 is 8.07 Å². The molecule has 0 fully saturated rings. The molecule has 2 heterocycles. The molecule has 80 valence electrons. The molecule has 1 unspecified atom stereocenters. The van der Waals surface area contributed by atoms with E-state index in [0.717, 1.165) is 5.54 Å². The lowest BCUT2D eigenvalue weighted by Gasteiger charge is -2.31. The van der Waals surface area contributed by atoms with E-state index in [2.05, 4.69) is 42.7 Å². The van der Waals surface area contributed by atoms with Crippen molar-refractivity contribution in [1.29, 1.82) is 0 Å². The van der Waals surface area contributed by atoms with Gasteiger partial charge in [0.2, 0.25) is 0 Å². The van der Waals surface area contributed by atoms with Gasteiger partial charge in [-0.15, -0.1) is 0 Å². The molecule has 2 heteroatoms. The lowest BCUT2D eigenvalue weighted by atomic mass is 10.2. The summed E-state index contributed by atoms with van der Waals surface area (Å²) in [4.78, 5) is 4.55. The van der Waals surface area contributed by atoms with Crippen LogP contribution >= 0.6 is 0 Å². The van der Waals surface area contributed by atoms with Gasteiger partial charge in [0.15, 0.2) is 0 Å². The second-order valence-electron chi connectivity index (χ2n) is 4.75. The fraction of sp³-hybridized carbons (Fsp3) is 0.462. The van der Waals surface area contributed by atoms with E-state index in [1.165, 1.54) is 24.2 Å². The summed E-state index contributed by atoms with van der Waals surface area (Å²) in [5.74, 6) is 0. The van der Waals surface area contributed by atoms with E-state index < -0.39 is 8.07 Å². The molecular formula is C13H19NSi. The number of hydrogen-bond acceptors (Lipinski definition) is 1. The van der Waals surface area contributed by atoms with Crippen molar-refractivity contribution in [2.24, 2.45) is 0 Å². The first-order valence-corrected chi connectivity index (χ1v) is 8.81. The molecule has 2 rings (SSSR count). The van der Waals surface area contributed by atoms with E-state index in [0.29, 0.717) is 0 Å². The van der Waals surface area contributed by atoms with Gasteiger partial charge in [-0.25, -0.2) is 0 Å². The molecule has 1 aliphatic rings. The van der Waals surface area contributed by atoms with Crippen LogP contribution in [0.4, 0.5) is 0 Å². The van der Waals surface area contributed by atoms with E-state index in [4.69, 9.17) is 0 Å². The molecule has 1 nitrogen and oxygen atoms in total. The maximum absolute atomic E-state index is 4.55. The average molecular weight is 217 g/mol. The maximum Gasteiger partial charge on any atom is 0.0676 e. The van der Waals surface area contributed by atoms with Gasteiger partial charge in [0.05, 0.1) is 8.07 Å². The smallest absolute Gasteiger partial charge is 0.0676 e. The van der Waals surface area contributed by atoms with E-state index in [1.54, 1.807) is 0 Å². The molecule has 0 aromatic carbocycles. The predicted molar refractivity (Wildman–Crippen MR) is 67.6 cm³/mol. The first-order chi connectivity index (χ1) is 7.26. The molecule has 0 bridgehead atoms. The van der Waals surface area contributed by atoms with Gasteiger partial charge in [0, 0.05) is 11.9 Å². The second-order valence-corrected chi connectivity index (χ2v) is 9.57. The number of aromatic nitrogens is 1. The van der Waals surface area contributed by atoms with Crippen molar-refractivity contribution in [3.8, 4) is 0 Å². The van der Waals surface area contributed by atoms with Gasteiger partial charge in [-0.3, -0.25) is 4.98 Å². The van der Waals surface area contributed by atoms with Crippen molar-refractivity contribution in [2.45, 2.75) is 37.5 Å². The first kappa shape index (κ1) is 10.6. The molecule has 0 spiro atoms. The van der Waals surface area contributed by atoms with Crippen LogP contribution in [0.5, 0.6) is 0 Å². The number of allylic oxidation sites excluding steroid dienone is 2. The summed E-state index contributed by atoms with van der Waals surface area (Å²) in [6.07, 6.45) is 7.91. The molecule has 0 radical (unpaired) electrons. The van der Waals surface area contributed by atoms with Crippen molar-refractivity contribution in [2.75, 3.05) is 0 Å². The van der Waals surface area contributed by atoms with Gasteiger partial charge in [0.25, 0.3) is 0 Å². The van der Waals surface area contributed by atoms with E-state index in [1.807, 2.05) is 12.3 Å². The second kappa shape index (κ2) is 4.31. The van der Waals surface area contributed by atoms with Crippen LogP contribution in [0.2, 0.25) is 18.6 Å². The highest BCUT2D eigenvalue weighted by Gasteiger charge is 2.37. The minimum absolute atomic E-state index is 0.730. The van der Waals surface area contributed by atoms with Crippen molar-refractivity contribution < 1.29 is 0 Å². The summed E-state index contributed by atoms with van der Waals surface area (Å²) in [6, 6.07) is 8.99. The number of pyridine rings is 1. The molecule has 1 aromatic heterocycles. The van der Waals surface area contributed by atoms with Gasteiger partial charge < -0.3 is 0 Å².